The Labute approximate surface area is 141 Å². The first-order chi connectivity index (χ1) is 11.4. The number of benzene rings is 1. The summed E-state index contributed by atoms with van der Waals surface area (Å²) < 4.78 is 5.88. The molecule has 5 heteroatoms. The van der Waals surface area contributed by atoms with Gasteiger partial charge in [0.05, 0.1) is 18.4 Å². The van der Waals surface area contributed by atoms with Gasteiger partial charge in [-0.1, -0.05) is 30.3 Å². The zero-order valence-electron chi connectivity index (χ0n) is 13.3. The zero-order valence-corrected chi connectivity index (χ0v) is 14.1. The van der Waals surface area contributed by atoms with Gasteiger partial charge < -0.3 is 10.1 Å². The first kappa shape index (κ1) is 15.3. The average molecular weight is 329 g/mol. The predicted molar refractivity (Wildman–Crippen MR) is 93.6 cm³/mol. The molecule has 23 heavy (non-hydrogen) atoms. The van der Waals surface area contributed by atoms with E-state index in [1.54, 1.807) is 11.3 Å². The van der Waals surface area contributed by atoms with E-state index in [2.05, 4.69) is 39.9 Å². The Morgan fingerprint density at radius 3 is 2.96 bits per heavy atom. The number of nitrogens with one attached hydrogen (secondary N) is 1. The van der Waals surface area contributed by atoms with E-state index >= 15 is 0 Å². The molecule has 1 N–H and O–H groups in total. The summed E-state index contributed by atoms with van der Waals surface area (Å²) >= 11 is 1.72. The topological polar surface area (TPSA) is 37.4 Å². The van der Waals surface area contributed by atoms with Gasteiger partial charge in [-0.05, 0) is 12.8 Å². The van der Waals surface area contributed by atoms with Crippen molar-refractivity contribution in [2.75, 3.05) is 26.2 Å². The van der Waals surface area contributed by atoms with Crippen LogP contribution in [0.3, 0.4) is 0 Å². The molecular formula is C18H23N3OS. The van der Waals surface area contributed by atoms with Crippen LogP contribution in [-0.4, -0.2) is 48.3 Å². The molecular weight excluding hydrogens is 306 g/mol. The molecule has 1 saturated heterocycles. The molecule has 2 heterocycles. The minimum absolute atomic E-state index is 0.318. The van der Waals surface area contributed by atoms with Crippen LogP contribution in [0.15, 0.2) is 35.7 Å². The number of aromatic nitrogens is 1. The minimum atomic E-state index is 0.318. The number of ether oxygens (including phenoxy) is 1. The summed E-state index contributed by atoms with van der Waals surface area (Å²) in [5.74, 6) is 0. The van der Waals surface area contributed by atoms with Crippen LogP contribution in [-0.2, 0) is 11.3 Å². The van der Waals surface area contributed by atoms with Crippen LogP contribution >= 0.6 is 11.3 Å². The molecule has 2 fully saturated rings. The second-order valence-corrected chi connectivity index (χ2v) is 7.28. The van der Waals surface area contributed by atoms with Crippen molar-refractivity contribution in [1.29, 1.82) is 0 Å². The molecule has 1 aromatic carbocycles. The van der Waals surface area contributed by atoms with Crippen molar-refractivity contribution < 1.29 is 4.74 Å². The molecule has 1 atom stereocenters. The fraction of sp³-hybridized carbons (Fsp3) is 0.500. The molecule has 122 valence electrons. The monoisotopic (exact) mass is 329 g/mol. The molecule has 0 radical (unpaired) electrons. The van der Waals surface area contributed by atoms with E-state index in [4.69, 9.17) is 9.72 Å². The molecule has 4 rings (SSSR count). The quantitative estimate of drug-likeness (QED) is 0.884. The molecule has 1 aliphatic heterocycles. The highest BCUT2D eigenvalue weighted by atomic mass is 32.1. The van der Waals surface area contributed by atoms with E-state index in [-0.39, 0.29) is 0 Å². The largest absolute Gasteiger partial charge is 0.374 e. The predicted octanol–water partition coefficient (Wildman–Crippen LogP) is 2.76. The fourth-order valence-electron chi connectivity index (χ4n) is 3.11. The Bertz CT molecular complexity index is 626. The maximum absolute atomic E-state index is 5.88. The SMILES string of the molecule is c1ccc(-c2csc(CNCC3CN(C4CC4)CCO3)n2)cc1. The van der Waals surface area contributed by atoms with Crippen LogP contribution in [0.25, 0.3) is 11.3 Å². The summed E-state index contributed by atoms with van der Waals surface area (Å²) in [5, 5.41) is 6.79. The highest BCUT2D eigenvalue weighted by Gasteiger charge is 2.32. The summed E-state index contributed by atoms with van der Waals surface area (Å²) in [6, 6.07) is 11.2. The van der Waals surface area contributed by atoms with Gasteiger partial charge in [0.2, 0.25) is 0 Å². The van der Waals surface area contributed by atoms with E-state index in [0.29, 0.717) is 6.10 Å². The Balaban J connectivity index is 1.26. The third-order valence-corrected chi connectivity index (χ3v) is 5.35. The summed E-state index contributed by atoms with van der Waals surface area (Å²) in [4.78, 5) is 7.31. The molecule has 2 aromatic rings. The lowest BCUT2D eigenvalue weighted by molar-refractivity contribution is -0.0301. The summed E-state index contributed by atoms with van der Waals surface area (Å²) in [6.45, 7) is 4.78. The number of rotatable bonds is 6. The number of thiazole rings is 1. The third kappa shape index (κ3) is 3.98. The Kier molecular flexibility index (Phi) is 4.71. The van der Waals surface area contributed by atoms with Crippen LogP contribution in [0, 0.1) is 0 Å². The first-order valence-corrected chi connectivity index (χ1v) is 9.32. The van der Waals surface area contributed by atoms with Crippen molar-refractivity contribution in [2.24, 2.45) is 0 Å². The molecule has 1 unspecified atom stereocenters. The van der Waals surface area contributed by atoms with Crippen molar-refractivity contribution >= 4 is 11.3 Å². The average Bonchev–Trinajstić information content (AvgIpc) is 3.35. The van der Waals surface area contributed by atoms with Crippen molar-refractivity contribution in [1.82, 2.24) is 15.2 Å². The Morgan fingerprint density at radius 2 is 2.13 bits per heavy atom. The molecule has 1 aliphatic carbocycles. The van der Waals surface area contributed by atoms with E-state index in [9.17, 15) is 0 Å². The van der Waals surface area contributed by atoms with Gasteiger partial charge in [0.1, 0.15) is 5.01 Å². The number of nitrogens with zero attached hydrogens (tertiary/aromatic N) is 2. The number of hydrogen-bond acceptors (Lipinski definition) is 5. The van der Waals surface area contributed by atoms with Crippen molar-refractivity contribution in [3.63, 3.8) is 0 Å². The summed E-state index contributed by atoms with van der Waals surface area (Å²) in [5.41, 5.74) is 2.26. The van der Waals surface area contributed by atoms with Gasteiger partial charge >= 0.3 is 0 Å². The maximum Gasteiger partial charge on any atom is 0.107 e. The molecule has 1 aromatic heterocycles. The van der Waals surface area contributed by atoms with E-state index in [1.807, 2.05) is 6.07 Å². The van der Waals surface area contributed by atoms with Gasteiger partial charge in [0.25, 0.3) is 0 Å². The van der Waals surface area contributed by atoms with Crippen LogP contribution in [0.5, 0.6) is 0 Å². The summed E-state index contributed by atoms with van der Waals surface area (Å²) in [7, 11) is 0. The minimum Gasteiger partial charge on any atom is -0.374 e. The zero-order chi connectivity index (χ0) is 15.5. The van der Waals surface area contributed by atoms with E-state index < -0.39 is 0 Å². The normalized spacial score (nSPS) is 22.3. The Hall–Kier alpha value is -1.27. The van der Waals surface area contributed by atoms with Crippen molar-refractivity contribution in [3.05, 3.63) is 40.7 Å². The highest BCUT2D eigenvalue weighted by Crippen LogP contribution is 2.28. The van der Waals surface area contributed by atoms with Crippen LogP contribution in [0.2, 0.25) is 0 Å². The van der Waals surface area contributed by atoms with Gasteiger partial charge in [0, 0.05) is 43.2 Å². The second kappa shape index (κ2) is 7.09. The molecule has 4 nitrogen and oxygen atoms in total. The fourth-order valence-corrected chi connectivity index (χ4v) is 3.88. The lowest BCUT2D eigenvalue weighted by atomic mass is 10.2. The maximum atomic E-state index is 5.88. The van der Waals surface area contributed by atoms with Crippen molar-refractivity contribution in [3.8, 4) is 11.3 Å². The van der Waals surface area contributed by atoms with Crippen LogP contribution in [0.1, 0.15) is 17.8 Å². The third-order valence-electron chi connectivity index (χ3n) is 4.50. The van der Waals surface area contributed by atoms with Gasteiger partial charge in [0.15, 0.2) is 0 Å². The van der Waals surface area contributed by atoms with E-state index in [0.717, 1.165) is 49.5 Å². The van der Waals surface area contributed by atoms with Crippen molar-refractivity contribution in [2.45, 2.75) is 31.5 Å². The smallest absolute Gasteiger partial charge is 0.107 e. The van der Waals surface area contributed by atoms with Crippen LogP contribution < -0.4 is 5.32 Å². The van der Waals surface area contributed by atoms with Gasteiger partial charge in [-0.25, -0.2) is 4.98 Å². The molecule has 2 aliphatic rings. The number of hydrogen-bond donors (Lipinski definition) is 1. The highest BCUT2D eigenvalue weighted by molar-refractivity contribution is 7.09. The van der Waals surface area contributed by atoms with Gasteiger partial charge in [-0.15, -0.1) is 11.3 Å². The van der Waals surface area contributed by atoms with E-state index in [1.165, 1.54) is 18.4 Å². The molecule has 0 bridgehead atoms. The van der Waals surface area contributed by atoms with Crippen LogP contribution in [0.4, 0.5) is 0 Å². The molecule has 0 spiro atoms. The van der Waals surface area contributed by atoms with Gasteiger partial charge in [-0.2, -0.15) is 0 Å². The standard InChI is InChI=1S/C18H23N3OS/c1-2-4-14(5-3-1)17-13-23-18(20-17)11-19-10-16-12-21(8-9-22-16)15-6-7-15/h1-5,13,15-16,19H,6-12H2. The summed E-state index contributed by atoms with van der Waals surface area (Å²) in [6.07, 6.45) is 3.07. The van der Waals surface area contributed by atoms with Gasteiger partial charge in [-0.3, -0.25) is 4.90 Å². The Morgan fingerprint density at radius 1 is 1.26 bits per heavy atom. The second-order valence-electron chi connectivity index (χ2n) is 6.34. The number of morpholine rings is 1. The lowest BCUT2D eigenvalue weighted by Crippen LogP contribution is -2.47. The molecule has 0 amide bonds. The lowest BCUT2D eigenvalue weighted by Gasteiger charge is -2.33. The first-order valence-electron chi connectivity index (χ1n) is 8.45. The molecule has 1 saturated carbocycles.